The zero-order valence-corrected chi connectivity index (χ0v) is 11.3. The van der Waals surface area contributed by atoms with Crippen LogP contribution in [0.5, 0.6) is 11.5 Å². The topological polar surface area (TPSA) is 72.8 Å². The normalized spacial score (nSPS) is 21.3. The molecule has 0 spiro atoms. The van der Waals surface area contributed by atoms with Crippen LogP contribution in [0.2, 0.25) is 0 Å². The molecule has 2 unspecified atom stereocenters. The third-order valence-electron chi connectivity index (χ3n) is 3.58. The van der Waals surface area contributed by atoms with Gasteiger partial charge in [-0.1, -0.05) is 0 Å². The van der Waals surface area contributed by atoms with Gasteiger partial charge < -0.3 is 15.5 Å². The van der Waals surface area contributed by atoms with Gasteiger partial charge in [-0.25, -0.2) is 0 Å². The number of nitrogens with zero attached hydrogens (tertiary/aromatic N) is 1. The number of aromatic hydroxyl groups is 2. The van der Waals surface area contributed by atoms with Gasteiger partial charge in [-0.2, -0.15) is 0 Å². The summed E-state index contributed by atoms with van der Waals surface area (Å²) in [5.41, 5.74) is 0.876. The smallest absolute Gasteiger partial charge is 0.217 e. The molecule has 3 N–H and O–H groups in total. The quantitative estimate of drug-likeness (QED) is 0.771. The molecule has 0 radical (unpaired) electrons. The van der Waals surface area contributed by atoms with Crippen LogP contribution in [0.15, 0.2) is 18.2 Å². The summed E-state index contributed by atoms with van der Waals surface area (Å²) in [6, 6.07) is 4.93. The number of nitrogens with one attached hydrogen (secondary N) is 1. The lowest BCUT2D eigenvalue weighted by molar-refractivity contribution is -0.119. The van der Waals surface area contributed by atoms with Crippen molar-refractivity contribution in [2.75, 3.05) is 13.1 Å². The van der Waals surface area contributed by atoms with Crippen molar-refractivity contribution in [1.82, 2.24) is 10.2 Å². The third kappa shape index (κ3) is 3.38. The molecule has 2 atom stereocenters. The number of likely N-dealkylation sites (tertiary alicyclic amines) is 1. The van der Waals surface area contributed by atoms with Crippen LogP contribution in [0.1, 0.15) is 31.9 Å². The predicted octanol–water partition coefficient (Wildman–Crippen LogP) is 1.37. The average Bonchev–Trinajstić information content (AvgIpc) is 2.74. The summed E-state index contributed by atoms with van der Waals surface area (Å²) in [4.78, 5) is 13.3. The van der Waals surface area contributed by atoms with Crippen LogP contribution in [0.3, 0.4) is 0 Å². The second-order valence-electron chi connectivity index (χ2n) is 5.14. The summed E-state index contributed by atoms with van der Waals surface area (Å²) in [6.45, 7) is 5.24. The van der Waals surface area contributed by atoms with Crippen molar-refractivity contribution in [2.45, 2.75) is 32.4 Å². The van der Waals surface area contributed by atoms with Crippen molar-refractivity contribution in [2.24, 2.45) is 0 Å². The molecular formula is C14H20N2O3. The Morgan fingerprint density at radius 1 is 1.37 bits per heavy atom. The highest BCUT2D eigenvalue weighted by atomic mass is 16.3. The molecule has 0 bridgehead atoms. The van der Waals surface area contributed by atoms with Gasteiger partial charge in [0.1, 0.15) is 11.5 Å². The average molecular weight is 264 g/mol. The Hall–Kier alpha value is -1.75. The van der Waals surface area contributed by atoms with Crippen LogP contribution < -0.4 is 5.32 Å². The van der Waals surface area contributed by atoms with Crippen molar-refractivity contribution in [1.29, 1.82) is 0 Å². The lowest BCUT2D eigenvalue weighted by Crippen LogP contribution is -2.36. The molecule has 1 aliphatic heterocycles. The van der Waals surface area contributed by atoms with Gasteiger partial charge in [-0.3, -0.25) is 9.69 Å². The van der Waals surface area contributed by atoms with E-state index in [9.17, 15) is 15.0 Å². The molecule has 1 heterocycles. The molecule has 104 valence electrons. The van der Waals surface area contributed by atoms with Crippen molar-refractivity contribution in [3.05, 3.63) is 23.8 Å². The molecular weight excluding hydrogens is 244 g/mol. The fourth-order valence-electron chi connectivity index (χ4n) is 2.61. The molecule has 0 saturated carbocycles. The number of carbonyl (C=O) groups is 1. The van der Waals surface area contributed by atoms with Crippen LogP contribution in [-0.2, 0) is 4.79 Å². The number of hydrogen-bond donors (Lipinski definition) is 3. The molecule has 19 heavy (non-hydrogen) atoms. The van der Waals surface area contributed by atoms with Crippen LogP contribution in [-0.4, -0.2) is 40.2 Å². The molecule has 1 amide bonds. The highest BCUT2D eigenvalue weighted by Crippen LogP contribution is 2.30. The first kappa shape index (κ1) is 13.7. The standard InChI is InChI=1S/C14H20N2O3/c1-9(11-5-13(18)7-14(19)6-11)16-4-3-12(8-16)15-10(2)17/h5-7,9,12,18-19H,3-4,8H2,1-2H3,(H,15,17). The molecule has 2 rings (SSSR count). The number of hydrogen-bond acceptors (Lipinski definition) is 4. The number of carbonyl (C=O) groups excluding carboxylic acids is 1. The first-order chi connectivity index (χ1) is 8.95. The van der Waals surface area contributed by atoms with E-state index < -0.39 is 0 Å². The Balaban J connectivity index is 2.04. The SMILES string of the molecule is CC(=O)NC1CCN(C(C)c2cc(O)cc(O)c2)C1. The highest BCUT2D eigenvalue weighted by Gasteiger charge is 2.27. The maximum absolute atomic E-state index is 11.0. The van der Waals surface area contributed by atoms with E-state index in [0.717, 1.165) is 25.1 Å². The first-order valence-electron chi connectivity index (χ1n) is 6.50. The van der Waals surface area contributed by atoms with Gasteiger partial charge in [0.05, 0.1) is 0 Å². The first-order valence-corrected chi connectivity index (χ1v) is 6.50. The van der Waals surface area contributed by atoms with Gasteiger partial charge in [0.15, 0.2) is 0 Å². The van der Waals surface area contributed by atoms with Crippen molar-refractivity contribution >= 4 is 5.91 Å². The molecule has 1 aromatic rings. The lowest BCUT2D eigenvalue weighted by atomic mass is 10.1. The van der Waals surface area contributed by atoms with E-state index in [1.54, 1.807) is 12.1 Å². The second-order valence-corrected chi connectivity index (χ2v) is 5.14. The summed E-state index contributed by atoms with van der Waals surface area (Å²) in [7, 11) is 0. The van der Waals surface area contributed by atoms with Crippen molar-refractivity contribution < 1.29 is 15.0 Å². The molecule has 0 aromatic heterocycles. The number of benzene rings is 1. The number of rotatable bonds is 3. The highest BCUT2D eigenvalue weighted by molar-refractivity contribution is 5.73. The predicted molar refractivity (Wildman–Crippen MR) is 72.0 cm³/mol. The summed E-state index contributed by atoms with van der Waals surface area (Å²) >= 11 is 0. The van der Waals surface area contributed by atoms with E-state index in [-0.39, 0.29) is 29.5 Å². The van der Waals surface area contributed by atoms with Crippen LogP contribution in [0, 0.1) is 0 Å². The molecule has 1 aromatic carbocycles. The Morgan fingerprint density at radius 2 is 2.00 bits per heavy atom. The van der Waals surface area contributed by atoms with E-state index in [0.29, 0.717) is 0 Å². The second kappa shape index (κ2) is 5.48. The minimum absolute atomic E-state index is 0.00509. The van der Waals surface area contributed by atoms with E-state index >= 15 is 0 Å². The fourth-order valence-corrected chi connectivity index (χ4v) is 2.61. The minimum Gasteiger partial charge on any atom is -0.508 e. The van der Waals surface area contributed by atoms with Crippen molar-refractivity contribution in [3.8, 4) is 11.5 Å². The number of phenols is 2. The Labute approximate surface area is 112 Å². The Bertz CT molecular complexity index is 456. The van der Waals surface area contributed by atoms with Gasteiger partial charge in [-0.15, -0.1) is 0 Å². The summed E-state index contributed by atoms with van der Waals surface area (Å²) < 4.78 is 0. The molecule has 1 fully saturated rings. The van der Waals surface area contributed by atoms with Gasteiger partial charge in [0.25, 0.3) is 0 Å². The molecule has 5 heteroatoms. The zero-order valence-electron chi connectivity index (χ0n) is 11.3. The maximum atomic E-state index is 11.0. The molecule has 5 nitrogen and oxygen atoms in total. The molecule has 0 aliphatic carbocycles. The van der Waals surface area contributed by atoms with Gasteiger partial charge in [0, 0.05) is 38.2 Å². The minimum atomic E-state index is -0.00509. The largest absolute Gasteiger partial charge is 0.508 e. The summed E-state index contributed by atoms with van der Waals surface area (Å²) in [5, 5.41) is 22.0. The van der Waals surface area contributed by atoms with Crippen LogP contribution in [0.4, 0.5) is 0 Å². The van der Waals surface area contributed by atoms with Crippen molar-refractivity contribution in [3.63, 3.8) is 0 Å². The van der Waals surface area contributed by atoms with E-state index in [1.165, 1.54) is 13.0 Å². The summed E-state index contributed by atoms with van der Waals surface area (Å²) in [5.74, 6) is 0.133. The fraction of sp³-hybridized carbons (Fsp3) is 0.500. The Morgan fingerprint density at radius 3 is 2.58 bits per heavy atom. The number of phenolic OH excluding ortho intramolecular Hbond substituents is 2. The maximum Gasteiger partial charge on any atom is 0.217 e. The van der Waals surface area contributed by atoms with Gasteiger partial charge in [0.2, 0.25) is 5.91 Å². The monoisotopic (exact) mass is 264 g/mol. The van der Waals surface area contributed by atoms with E-state index in [1.807, 2.05) is 6.92 Å². The van der Waals surface area contributed by atoms with E-state index in [4.69, 9.17) is 0 Å². The van der Waals surface area contributed by atoms with Crippen LogP contribution in [0.25, 0.3) is 0 Å². The summed E-state index contributed by atoms with van der Waals surface area (Å²) in [6.07, 6.45) is 0.925. The third-order valence-corrected chi connectivity index (χ3v) is 3.58. The molecule has 1 aliphatic rings. The van der Waals surface area contributed by atoms with Crippen LogP contribution >= 0.6 is 0 Å². The molecule has 1 saturated heterocycles. The zero-order chi connectivity index (χ0) is 14.0. The lowest BCUT2D eigenvalue weighted by Gasteiger charge is -2.25. The van der Waals surface area contributed by atoms with Gasteiger partial charge >= 0.3 is 0 Å². The Kier molecular flexibility index (Phi) is 3.95. The number of amides is 1. The van der Waals surface area contributed by atoms with Gasteiger partial charge in [-0.05, 0) is 31.0 Å². The van der Waals surface area contributed by atoms with E-state index in [2.05, 4.69) is 10.2 Å².